The summed E-state index contributed by atoms with van der Waals surface area (Å²) in [6.07, 6.45) is 2.87. The van der Waals surface area contributed by atoms with Gasteiger partial charge in [-0.05, 0) is 19.1 Å². The molecule has 0 aliphatic rings. The minimum atomic E-state index is -1.08. The van der Waals surface area contributed by atoms with Gasteiger partial charge < -0.3 is 19.6 Å². The maximum atomic E-state index is 11.2. The van der Waals surface area contributed by atoms with Gasteiger partial charge in [-0.25, -0.2) is 5.43 Å². The molecule has 0 bridgehead atoms. The zero-order valence-electron chi connectivity index (χ0n) is 11.9. The Morgan fingerprint density at radius 2 is 2.18 bits per heavy atom. The summed E-state index contributed by atoms with van der Waals surface area (Å²) in [5.74, 6) is -1.55. The van der Waals surface area contributed by atoms with Crippen molar-refractivity contribution in [3.05, 3.63) is 40.7 Å². The van der Waals surface area contributed by atoms with E-state index in [0.717, 1.165) is 6.92 Å². The highest BCUT2D eigenvalue weighted by Crippen LogP contribution is 2.13. The molecule has 3 N–H and O–H groups in total. The molecule has 120 valence electrons. The van der Waals surface area contributed by atoms with Gasteiger partial charge in [-0.15, -0.1) is 0 Å². The summed E-state index contributed by atoms with van der Waals surface area (Å²) in [6.45, 7) is 5.35. The molecule has 0 spiro atoms. The summed E-state index contributed by atoms with van der Waals surface area (Å²) in [4.78, 5) is 29.8. The van der Waals surface area contributed by atoms with Crippen LogP contribution in [0.25, 0.3) is 0 Å². The number of hydrogen-bond donors (Lipinski definition) is 2. The van der Waals surface area contributed by atoms with E-state index in [0.29, 0.717) is 6.54 Å². The van der Waals surface area contributed by atoms with Gasteiger partial charge in [0.1, 0.15) is 4.92 Å². The van der Waals surface area contributed by atoms with E-state index in [-0.39, 0.29) is 24.1 Å². The van der Waals surface area contributed by atoms with Crippen LogP contribution in [0.15, 0.2) is 34.3 Å². The number of hydrazone groups is 1. The molecule has 1 amide bonds. The van der Waals surface area contributed by atoms with Crippen molar-refractivity contribution in [2.45, 2.75) is 6.92 Å². The minimum Gasteiger partial charge on any atom is -0.550 e. The Kier molecular flexibility index (Phi) is 9.27. The zero-order chi connectivity index (χ0) is 17.0. The Morgan fingerprint density at radius 3 is 2.68 bits per heavy atom. The largest absolute Gasteiger partial charge is 0.550 e. The SMILES string of the molecule is C=CC[NH2+]CC(=O)N/N=C/c1ccc([N+](=O)[O-])o1.CC(=O)[O-]. The first-order valence-electron chi connectivity index (χ1n) is 6.03. The minimum absolute atomic E-state index is 0.192. The quantitative estimate of drug-likeness (QED) is 0.198. The normalized spacial score (nSPS) is 9.68. The lowest BCUT2D eigenvalue weighted by Crippen LogP contribution is -2.86. The van der Waals surface area contributed by atoms with E-state index in [4.69, 9.17) is 14.3 Å². The predicted octanol–water partition coefficient (Wildman–Crippen LogP) is -1.86. The van der Waals surface area contributed by atoms with Crippen LogP contribution in [-0.4, -0.2) is 36.1 Å². The van der Waals surface area contributed by atoms with Crippen LogP contribution < -0.4 is 15.8 Å². The number of rotatable bonds is 7. The molecule has 0 unspecified atom stereocenters. The molecule has 1 aromatic rings. The number of nitrogens with zero attached hydrogens (tertiary/aromatic N) is 2. The first-order chi connectivity index (χ1) is 10.4. The van der Waals surface area contributed by atoms with Crippen molar-refractivity contribution in [3.8, 4) is 0 Å². The maximum Gasteiger partial charge on any atom is 0.433 e. The molecule has 1 aromatic heterocycles. The number of nitrogens with two attached hydrogens (primary N) is 1. The van der Waals surface area contributed by atoms with Crippen LogP contribution in [-0.2, 0) is 9.59 Å². The lowest BCUT2D eigenvalue weighted by atomic mass is 10.5. The van der Waals surface area contributed by atoms with E-state index in [1.54, 1.807) is 11.4 Å². The summed E-state index contributed by atoms with van der Waals surface area (Å²) in [5.41, 5.74) is 2.26. The van der Waals surface area contributed by atoms with Crippen molar-refractivity contribution in [1.29, 1.82) is 0 Å². The van der Waals surface area contributed by atoms with Gasteiger partial charge in [0.05, 0.1) is 18.8 Å². The van der Waals surface area contributed by atoms with Gasteiger partial charge in [-0.2, -0.15) is 5.10 Å². The summed E-state index contributed by atoms with van der Waals surface area (Å²) in [6, 6.07) is 2.60. The topological polar surface area (TPSA) is 154 Å². The van der Waals surface area contributed by atoms with Crippen LogP contribution in [0.3, 0.4) is 0 Å². The van der Waals surface area contributed by atoms with Crippen molar-refractivity contribution in [3.63, 3.8) is 0 Å². The van der Waals surface area contributed by atoms with E-state index < -0.39 is 10.9 Å². The fourth-order valence-corrected chi connectivity index (χ4v) is 1.06. The number of carboxylic acids is 1. The zero-order valence-corrected chi connectivity index (χ0v) is 11.9. The average Bonchev–Trinajstić information content (AvgIpc) is 2.87. The van der Waals surface area contributed by atoms with Crippen molar-refractivity contribution >= 4 is 24.0 Å². The number of aliphatic carboxylic acids is 1. The second kappa shape index (κ2) is 10.7. The molecular weight excluding hydrogens is 296 g/mol. The second-order valence-electron chi connectivity index (χ2n) is 3.74. The average molecular weight is 312 g/mol. The molecule has 0 saturated heterocycles. The van der Waals surface area contributed by atoms with E-state index in [1.165, 1.54) is 18.3 Å². The predicted molar refractivity (Wildman–Crippen MR) is 73.6 cm³/mol. The number of nitrogens with one attached hydrogen (secondary N) is 1. The van der Waals surface area contributed by atoms with Crippen molar-refractivity contribution in [2.24, 2.45) is 5.10 Å². The fourth-order valence-electron chi connectivity index (χ4n) is 1.06. The monoisotopic (exact) mass is 312 g/mol. The highest BCUT2D eigenvalue weighted by molar-refractivity contribution is 5.80. The number of hydrogen-bond acceptors (Lipinski definition) is 7. The molecule has 0 aliphatic carbocycles. The molecule has 1 heterocycles. The van der Waals surface area contributed by atoms with Crippen molar-refractivity contribution < 1.29 is 29.4 Å². The first-order valence-corrected chi connectivity index (χ1v) is 6.03. The van der Waals surface area contributed by atoms with E-state index in [1.807, 2.05) is 0 Å². The summed E-state index contributed by atoms with van der Waals surface area (Å²) >= 11 is 0. The van der Waals surface area contributed by atoms with Crippen LogP contribution in [0.2, 0.25) is 0 Å². The highest BCUT2D eigenvalue weighted by atomic mass is 16.6. The lowest BCUT2D eigenvalue weighted by Gasteiger charge is -1.96. The Labute approximate surface area is 125 Å². The molecule has 10 nitrogen and oxygen atoms in total. The highest BCUT2D eigenvalue weighted by Gasteiger charge is 2.10. The number of nitro groups is 1. The number of quaternary nitrogens is 1. The first kappa shape index (κ1) is 19.0. The van der Waals surface area contributed by atoms with Gasteiger partial charge in [0.25, 0.3) is 5.91 Å². The van der Waals surface area contributed by atoms with Gasteiger partial charge in [-0.1, -0.05) is 6.58 Å². The van der Waals surface area contributed by atoms with Gasteiger partial charge >= 0.3 is 5.88 Å². The standard InChI is InChI=1S/C10H12N4O4.C2H4O2/c1-2-5-11-7-9(15)13-12-6-8-3-4-10(18-8)14(16)17;1-2(3)4/h2-4,6,11H,1,5,7H2,(H,13,15);1H3,(H,3,4)/b12-6+;. The Balaban J connectivity index is 0.000000980. The molecular formula is C12H16N4O6. The molecule has 0 aromatic carbocycles. The third-order valence-corrected chi connectivity index (χ3v) is 1.84. The number of carbonyl (C=O) groups excluding carboxylic acids is 2. The Morgan fingerprint density at radius 1 is 1.55 bits per heavy atom. The van der Waals surface area contributed by atoms with Crippen LogP contribution in [0.5, 0.6) is 0 Å². The van der Waals surface area contributed by atoms with Crippen LogP contribution in [0.1, 0.15) is 12.7 Å². The molecule has 22 heavy (non-hydrogen) atoms. The second-order valence-corrected chi connectivity index (χ2v) is 3.74. The van der Waals surface area contributed by atoms with E-state index >= 15 is 0 Å². The lowest BCUT2D eigenvalue weighted by molar-refractivity contribution is -0.634. The number of furan rings is 1. The van der Waals surface area contributed by atoms with E-state index in [2.05, 4.69) is 17.1 Å². The fraction of sp³-hybridized carbons (Fsp3) is 0.250. The van der Waals surface area contributed by atoms with Gasteiger partial charge in [0, 0.05) is 5.97 Å². The molecule has 0 fully saturated rings. The molecule has 0 saturated carbocycles. The third kappa shape index (κ3) is 9.86. The molecule has 0 aliphatic heterocycles. The van der Waals surface area contributed by atoms with E-state index in [9.17, 15) is 14.9 Å². The van der Waals surface area contributed by atoms with Crippen molar-refractivity contribution in [1.82, 2.24) is 5.43 Å². The Bertz CT molecular complexity index is 548. The number of amides is 1. The summed E-state index contributed by atoms with van der Waals surface area (Å²) in [7, 11) is 0. The molecule has 0 atom stereocenters. The molecule has 10 heteroatoms. The smallest absolute Gasteiger partial charge is 0.433 e. The molecule has 1 rings (SSSR count). The summed E-state index contributed by atoms with van der Waals surface area (Å²) in [5, 5.41) is 24.6. The Hall–Kier alpha value is -3.01. The van der Waals surface area contributed by atoms with Gasteiger partial charge in [0.2, 0.25) is 0 Å². The van der Waals surface area contributed by atoms with Crippen LogP contribution >= 0.6 is 0 Å². The maximum absolute atomic E-state index is 11.2. The number of carbonyl (C=O) groups is 2. The number of carboxylic acid groups (broad SMARTS) is 1. The summed E-state index contributed by atoms with van der Waals surface area (Å²) < 4.78 is 4.80. The van der Waals surface area contributed by atoms with Crippen molar-refractivity contribution in [2.75, 3.05) is 13.1 Å². The third-order valence-electron chi connectivity index (χ3n) is 1.84. The van der Waals surface area contributed by atoms with Crippen LogP contribution in [0, 0.1) is 10.1 Å². The van der Waals surface area contributed by atoms with Gasteiger partial charge in [0.15, 0.2) is 12.3 Å². The molecule has 0 radical (unpaired) electrons. The van der Waals surface area contributed by atoms with Gasteiger partial charge in [-0.3, -0.25) is 14.9 Å². The van der Waals surface area contributed by atoms with Crippen LogP contribution in [0.4, 0.5) is 5.88 Å².